The Bertz CT molecular complexity index is 296. The molecule has 0 spiro atoms. The van der Waals surface area contributed by atoms with Crippen molar-refractivity contribution < 1.29 is 0 Å². The Balaban J connectivity index is 2.07. The monoisotopic (exact) mass is 229 g/mol. The van der Waals surface area contributed by atoms with Crippen molar-refractivity contribution in [1.29, 1.82) is 5.41 Å². The van der Waals surface area contributed by atoms with Crippen LogP contribution in [0.2, 0.25) is 0 Å². The van der Waals surface area contributed by atoms with Gasteiger partial charge in [0.05, 0.1) is 5.84 Å². The molecule has 0 aliphatic heterocycles. The molecule has 14 heavy (non-hydrogen) atoms. The van der Waals surface area contributed by atoms with Gasteiger partial charge in [0.15, 0.2) is 0 Å². The Labute approximate surface area is 92.6 Å². The number of aryl methyl sites for hydroxylation is 1. The van der Waals surface area contributed by atoms with E-state index in [9.17, 15) is 0 Å². The summed E-state index contributed by atoms with van der Waals surface area (Å²) in [6, 6.07) is 0. The molecule has 5 heteroatoms. The van der Waals surface area contributed by atoms with Crippen molar-refractivity contribution in [2.24, 2.45) is 5.73 Å². The van der Waals surface area contributed by atoms with Gasteiger partial charge in [-0.05, 0) is 19.8 Å². The lowest BCUT2D eigenvalue weighted by Gasteiger charge is -1.97. The van der Waals surface area contributed by atoms with Crippen LogP contribution in [0.4, 0.5) is 0 Å². The fraction of sp³-hybridized carbons (Fsp3) is 0.556. The Morgan fingerprint density at radius 2 is 2.43 bits per heavy atom. The largest absolute Gasteiger partial charge is 0.388 e. The second kappa shape index (κ2) is 6.03. The van der Waals surface area contributed by atoms with Crippen molar-refractivity contribution in [3.8, 4) is 0 Å². The van der Waals surface area contributed by atoms with Crippen LogP contribution in [0.1, 0.15) is 25.0 Å². The average Bonchev–Trinajstić information content (AvgIpc) is 2.50. The predicted molar refractivity (Wildman–Crippen MR) is 63.3 cm³/mol. The van der Waals surface area contributed by atoms with Crippen molar-refractivity contribution in [3.63, 3.8) is 0 Å². The Kier molecular flexibility index (Phi) is 4.97. The van der Waals surface area contributed by atoms with Gasteiger partial charge in [0.25, 0.3) is 0 Å². The number of amidine groups is 1. The maximum absolute atomic E-state index is 7.06. The van der Waals surface area contributed by atoms with E-state index in [0.717, 1.165) is 35.0 Å². The molecule has 0 radical (unpaired) electrons. The molecular formula is C9H15N3S2. The number of thiazole rings is 1. The van der Waals surface area contributed by atoms with Gasteiger partial charge in [0.2, 0.25) is 0 Å². The highest BCUT2D eigenvalue weighted by Gasteiger charge is 1.99. The molecule has 0 atom stereocenters. The van der Waals surface area contributed by atoms with E-state index in [0.29, 0.717) is 5.84 Å². The van der Waals surface area contributed by atoms with Crippen molar-refractivity contribution in [1.82, 2.24) is 4.98 Å². The molecule has 1 heterocycles. The van der Waals surface area contributed by atoms with Gasteiger partial charge in [-0.25, -0.2) is 4.98 Å². The predicted octanol–water partition coefficient (Wildman–Crippen LogP) is 2.65. The number of hydrogen-bond donors (Lipinski definition) is 2. The minimum atomic E-state index is 0.292. The lowest BCUT2D eigenvalue weighted by Crippen LogP contribution is -2.08. The summed E-state index contributed by atoms with van der Waals surface area (Å²) in [6.07, 6.45) is 2.83. The number of aromatic nitrogens is 1. The summed E-state index contributed by atoms with van der Waals surface area (Å²) >= 11 is 3.49. The summed E-state index contributed by atoms with van der Waals surface area (Å²) in [5, 5.41) is 9.13. The third-order valence-corrected chi connectivity index (χ3v) is 3.89. The molecule has 3 nitrogen and oxygen atoms in total. The highest BCUT2D eigenvalue weighted by atomic mass is 32.2. The molecule has 0 fully saturated rings. The standard InChI is InChI=1S/C9H15N3S2/c1-7-6-14-9(12-7)13-5-3-2-4-8(10)11/h6H,2-5H2,1H3,(H3,10,11). The quantitative estimate of drug-likeness (QED) is 0.341. The van der Waals surface area contributed by atoms with Crippen LogP contribution in [0.5, 0.6) is 0 Å². The second-order valence-electron chi connectivity index (χ2n) is 3.09. The third kappa shape index (κ3) is 4.62. The molecule has 78 valence electrons. The zero-order chi connectivity index (χ0) is 10.4. The number of unbranched alkanes of at least 4 members (excludes halogenated alkanes) is 1. The number of nitrogens with one attached hydrogen (secondary N) is 1. The van der Waals surface area contributed by atoms with E-state index in [1.807, 2.05) is 6.92 Å². The molecule has 0 aliphatic carbocycles. The molecule has 0 saturated heterocycles. The van der Waals surface area contributed by atoms with Crippen LogP contribution in [0.3, 0.4) is 0 Å². The molecule has 1 aromatic heterocycles. The van der Waals surface area contributed by atoms with E-state index in [1.54, 1.807) is 23.1 Å². The highest BCUT2D eigenvalue weighted by molar-refractivity contribution is 8.00. The first-order chi connectivity index (χ1) is 6.68. The van der Waals surface area contributed by atoms with Gasteiger partial charge in [-0.1, -0.05) is 11.8 Å². The average molecular weight is 229 g/mol. The molecular weight excluding hydrogens is 214 g/mol. The minimum Gasteiger partial charge on any atom is -0.388 e. The van der Waals surface area contributed by atoms with E-state index in [-0.39, 0.29) is 0 Å². The van der Waals surface area contributed by atoms with E-state index in [2.05, 4.69) is 10.4 Å². The summed E-state index contributed by atoms with van der Waals surface area (Å²) in [4.78, 5) is 4.36. The summed E-state index contributed by atoms with van der Waals surface area (Å²) in [5.41, 5.74) is 6.35. The number of nitrogens with zero attached hydrogens (tertiary/aromatic N) is 1. The van der Waals surface area contributed by atoms with Crippen LogP contribution in [-0.4, -0.2) is 16.6 Å². The minimum absolute atomic E-state index is 0.292. The normalized spacial score (nSPS) is 10.4. The van der Waals surface area contributed by atoms with E-state index in [1.165, 1.54) is 0 Å². The van der Waals surface area contributed by atoms with Crippen molar-refractivity contribution in [2.75, 3.05) is 5.75 Å². The van der Waals surface area contributed by atoms with Gasteiger partial charge in [-0.3, -0.25) is 5.41 Å². The van der Waals surface area contributed by atoms with Crippen LogP contribution < -0.4 is 5.73 Å². The maximum Gasteiger partial charge on any atom is 0.150 e. The van der Waals surface area contributed by atoms with Crippen LogP contribution in [0.15, 0.2) is 9.72 Å². The van der Waals surface area contributed by atoms with Crippen LogP contribution in [-0.2, 0) is 0 Å². The zero-order valence-corrected chi connectivity index (χ0v) is 9.88. The van der Waals surface area contributed by atoms with E-state index >= 15 is 0 Å². The molecule has 1 aromatic rings. The smallest absolute Gasteiger partial charge is 0.150 e. The number of thioether (sulfide) groups is 1. The van der Waals surface area contributed by atoms with Crippen molar-refractivity contribution in [2.45, 2.75) is 30.5 Å². The SMILES string of the molecule is Cc1csc(SCCCCC(=N)N)n1. The molecule has 1 rings (SSSR count). The summed E-state index contributed by atoms with van der Waals surface area (Å²) in [7, 11) is 0. The first kappa shape index (κ1) is 11.5. The summed E-state index contributed by atoms with van der Waals surface area (Å²) < 4.78 is 1.14. The first-order valence-corrected chi connectivity index (χ1v) is 6.43. The molecule has 0 aromatic carbocycles. The van der Waals surface area contributed by atoms with Crippen molar-refractivity contribution in [3.05, 3.63) is 11.1 Å². The Morgan fingerprint density at radius 3 is 3.00 bits per heavy atom. The van der Waals surface area contributed by atoms with Gasteiger partial charge in [-0.2, -0.15) is 0 Å². The van der Waals surface area contributed by atoms with Gasteiger partial charge in [0, 0.05) is 23.2 Å². The molecule has 0 aliphatic rings. The van der Waals surface area contributed by atoms with Crippen molar-refractivity contribution >= 4 is 28.9 Å². The van der Waals surface area contributed by atoms with Crippen LogP contribution >= 0.6 is 23.1 Å². The first-order valence-electron chi connectivity index (χ1n) is 4.56. The summed E-state index contributed by atoms with van der Waals surface area (Å²) in [5.74, 6) is 1.36. The second-order valence-corrected chi connectivity index (χ2v) is 5.29. The topological polar surface area (TPSA) is 62.8 Å². The van der Waals surface area contributed by atoms with Crippen LogP contribution in [0, 0.1) is 12.3 Å². The Hall–Kier alpha value is -0.550. The summed E-state index contributed by atoms with van der Waals surface area (Å²) in [6.45, 7) is 2.01. The van der Waals surface area contributed by atoms with Gasteiger partial charge < -0.3 is 5.73 Å². The molecule has 0 bridgehead atoms. The molecule has 0 amide bonds. The van der Waals surface area contributed by atoms with Gasteiger partial charge in [-0.15, -0.1) is 11.3 Å². The molecule has 0 saturated carbocycles. The van der Waals surface area contributed by atoms with E-state index in [4.69, 9.17) is 11.1 Å². The number of rotatable bonds is 6. The van der Waals surface area contributed by atoms with Gasteiger partial charge >= 0.3 is 0 Å². The van der Waals surface area contributed by atoms with Crippen LogP contribution in [0.25, 0.3) is 0 Å². The lowest BCUT2D eigenvalue weighted by atomic mass is 10.2. The fourth-order valence-corrected chi connectivity index (χ4v) is 2.89. The fourth-order valence-electron chi connectivity index (χ4n) is 0.976. The van der Waals surface area contributed by atoms with Gasteiger partial charge in [0.1, 0.15) is 4.34 Å². The highest BCUT2D eigenvalue weighted by Crippen LogP contribution is 2.23. The Morgan fingerprint density at radius 1 is 1.64 bits per heavy atom. The number of nitrogens with two attached hydrogens (primary N) is 1. The molecule has 3 N–H and O–H groups in total. The lowest BCUT2D eigenvalue weighted by molar-refractivity contribution is 0.836. The zero-order valence-electron chi connectivity index (χ0n) is 8.25. The van der Waals surface area contributed by atoms with E-state index < -0.39 is 0 Å². The molecule has 0 unspecified atom stereocenters. The maximum atomic E-state index is 7.06. The number of hydrogen-bond acceptors (Lipinski definition) is 4. The third-order valence-electron chi connectivity index (χ3n) is 1.66.